The summed E-state index contributed by atoms with van der Waals surface area (Å²) in [6, 6.07) is 0.532. The number of piperazine rings is 1. The van der Waals surface area contributed by atoms with E-state index in [-0.39, 0.29) is 17.3 Å². The number of nitrogens with one attached hydrogen (secondary N) is 1. The zero-order chi connectivity index (χ0) is 13.7. The number of hydrogen-bond acceptors (Lipinski definition) is 4. The van der Waals surface area contributed by atoms with Gasteiger partial charge >= 0.3 is 0 Å². The first kappa shape index (κ1) is 13.6. The molecule has 3 rings (SSSR count). The lowest BCUT2D eigenvalue weighted by Gasteiger charge is -2.48. The minimum absolute atomic E-state index is 0.0788. The minimum Gasteiger partial charge on any atom is -0.308 e. The smallest absolute Gasteiger partial charge is 0.173 e. The van der Waals surface area contributed by atoms with Crippen LogP contribution in [0.25, 0.3) is 0 Å². The van der Waals surface area contributed by atoms with Crippen LogP contribution in [0.15, 0.2) is 11.5 Å². The molecule has 1 N–H and O–H groups in total. The van der Waals surface area contributed by atoms with Crippen LogP contribution in [0.5, 0.6) is 0 Å². The average molecular weight is 284 g/mol. The molecule has 3 atom stereocenters. The molecule has 0 spiro atoms. The molecule has 3 unspecified atom stereocenters. The van der Waals surface area contributed by atoms with E-state index in [0.717, 1.165) is 25.4 Å². The predicted molar refractivity (Wildman–Crippen MR) is 76.6 cm³/mol. The van der Waals surface area contributed by atoms with Crippen LogP contribution in [-0.2, 0) is 9.84 Å². The molecule has 0 aromatic heterocycles. The Labute approximate surface area is 116 Å². The third-order valence-electron chi connectivity index (χ3n) is 5.01. The second kappa shape index (κ2) is 4.57. The highest BCUT2D eigenvalue weighted by Gasteiger charge is 2.47. The summed E-state index contributed by atoms with van der Waals surface area (Å²) in [5.41, 5.74) is 0.172. The third kappa shape index (κ3) is 2.60. The van der Waals surface area contributed by atoms with E-state index in [9.17, 15) is 8.42 Å². The Balaban J connectivity index is 1.78. The highest BCUT2D eigenvalue weighted by atomic mass is 32.2. The highest BCUT2D eigenvalue weighted by Crippen LogP contribution is 2.42. The van der Waals surface area contributed by atoms with Crippen molar-refractivity contribution in [2.45, 2.75) is 50.7 Å². The van der Waals surface area contributed by atoms with Crippen molar-refractivity contribution in [1.29, 1.82) is 0 Å². The second-order valence-corrected chi connectivity index (χ2v) is 8.46. The lowest BCUT2D eigenvalue weighted by molar-refractivity contribution is 0.0583. The van der Waals surface area contributed by atoms with Gasteiger partial charge in [-0.3, -0.25) is 4.90 Å². The quantitative estimate of drug-likeness (QED) is 0.844. The molecule has 4 nitrogen and oxygen atoms in total. The first-order valence-electron chi connectivity index (χ1n) is 7.35. The summed E-state index contributed by atoms with van der Waals surface area (Å²) in [5.74, 6) is 1.04. The van der Waals surface area contributed by atoms with Crippen molar-refractivity contribution >= 4 is 9.84 Å². The van der Waals surface area contributed by atoms with Gasteiger partial charge in [0.25, 0.3) is 0 Å². The van der Waals surface area contributed by atoms with Crippen LogP contribution < -0.4 is 5.32 Å². The largest absolute Gasteiger partial charge is 0.308 e. The minimum atomic E-state index is -2.96. The van der Waals surface area contributed by atoms with E-state index in [0.29, 0.717) is 6.04 Å². The number of sulfone groups is 1. The Hall–Kier alpha value is -0.390. The van der Waals surface area contributed by atoms with E-state index in [2.05, 4.69) is 24.1 Å². The van der Waals surface area contributed by atoms with Gasteiger partial charge in [0.15, 0.2) is 9.84 Å². The van der Waals surface area contributed by atoms with E-state index in [4.69, 9.17) is 0 Å². The van der Waals surface area contributed by atoms with E-state index >= 15 is 0 Å². The molecule has 5 heteroatoms. The molecule has 2 heterocycles. The van der Waals surface area contributed by atoms with Gasteiger partial charge in [0.1, 0.15) is 0 Å². The van der Waals surface area contributed by atoms with Gasteiger partial charge in [0.05, 0.1) is 5.75 Å². The fourth-order valence-corrected chi connectivity index (χ4v) is 4.87. The zero-order valence-electron chi connectivity index (χ0n) is 11.8. The molecule has 0 aromatic rings. The van der Waals surface area contributed by atoms with Crippen LogP contribution in [-0.4, -0.2) is 49.8 Å². The molecule has 0 radical (unpaired) electrons. The van der Waals surface area contributed by atoms with Crippen LogP contribution in [0.4, 0.5) is 0 Å². The molecule has 1 saturated heterocycles. The summed E-state index contributed by atoms with van der Waals surface area (Å²) < 4.78 is 23.3. The SMILES string of the molecule is CCC1CNC(C)(C2CC2)CN1C1C=CS(=O)(=O)C1. The van der Waals surface area contributed by atoms with Crippen molar-refractivity contribution in [3.63, 3.8) is 0 Å². The number of nitrogens with zero attached hydrogens (tertiary/aromatic N) is 1. The number of rotatable bonds is 3. The zero-order valence-corrected chi connectivity index (χ0v) is 12.6. The molecule has 1 aliphatic carbocycles. The van der Waals surface area contributed by atoms with Gasteiger partial charge < -0.3 is 5.32 Å². The van der Waals surface area contributed by atoms with Gasteiger partial charge in [-0.15, -0.1) is 0 Å². The van der Waals surface area contributed by atoms with Crippen LogP contribution >= 0.6 is 0 Å². The monoisotopic (exact) mass is 284 g/mol. The van der Waals surface area contributed by atoms with E-state index in [1.165, 1.54) is 18.2 Å². The van der Waals surface area contributed by atoms with Crippen LogP contribution in [0.3, 0.4) is 0 Å². The summed E-state index contributed by atoms with van der Waals surface area (Å²) in [4.78, 5) is 2.43. The molecule has 0 bridgehead atoms. The molecule has 108 valence electrons. The maximum atomic E-state index is 11.7. The van der Waals surface area contributed by atoms with Gasteiger partial charge in [-0.1, -0.05) is 13.0 Å². The molecule has 0 aromatic carbocycles. The summed E-state index contributed by atoms with van der Waals surface area (Å²) in [6.45, 7) is 6.44. The fraction of sp³-hybridized carbons (Fsp3) is 0.857. The van der Waals surface area contributed by atoms with Crippen molar-refractivity contribution < 1.29 is 8.42 Å². The molecular weight excluding hydrogens is 260 g/mol. The molecule has 2 fully saturated rings. The van der Waals surface area contributed by atoms with Crippen LogP contribution in [0.1, 0.15) is 33.1 Å². The third-order valence-corrected chi connectivity index (χ3v) is 6.39. The summed E-state index contributed by atoms with van der Waals surface area (Å²) in [5, 5.41) is 5.12. The van der Waals surface area contributed by atoms with Crippen molar-refractivity contribution in [3.8, 4) is 0 Å². The summed E-state index contributed by atoms with van der Waals surface area (Å²) in [6.07, 6.45) is 5.58. The molecular formula is C14H24N2O2S. The Morgan fingerprint density at radius 3 is 2.68 bits per heavy atom. The van der Waals surface area contributed by atoms with Crippen molar-refractivity contribution in [2.24, 2.45) is 5.92 Å². The van der Waals surface area contributed by atoms with Crippen LogP contribution in [0.2, 0.25) is 0 Å². The van der Waals surface area contributed by atoms with Gasteiger partial charge in [0.2, 0.25) is 0 Å². The summed E-state index contributed by atoms with van der Waals surface area (Å²) >= 11 is 0. The standard InChI is InChI=1S/C14H24N2O2S/c1-3-12-8-15-14(2,11-4-5-11)10-16(12)13-6-7-19(17,18)9-13/h6-7,11-13,15H,3-5,8-10H2,1-2H3. The maximum Gasteiger partial charge on any atom is 0.173 e. The first-order valence-corrected chi connectivity index (χ1v) is 9.07. The molecule has 0 amide bonds. The fourth-order valence-electron chi connectivity index (χ4n) is 3.56. The Kier molecular flexibility index (Phi) is 3.27. The topological polar surface area (TPSA) is 49.4 Å². The Bertz CT molecular complexity index is 484. The second-order valence-electron chi connectivity index (χ2n) is 6.53. The lowest BCUT2D eigenvalue weighted by Crippen LogP contribution is -2.65. The predicted octanol–water partition coefficient (Wildman–Crippen LogP) is 1.15. The number of hydrogen-bond donors (Lipinski definition) is 1. The normalized spacial score (nSPS) is 42.6. The van der Waals surface area contributed by atoms with Crippen LogP contribution in [0, 0.1) is 5.92 Å². The molecule has 3 aliphatic rings. The highest BCUT2D eigenvalue weighted by molar-refractivity contribution is 7.94. The van der Waals surface area contributed by atoms with Crippen molar-refractivity contribution in [2.75, 3.05) is 18.8 Å². The maximum absolute atomic E-state index is 11.7. The Morgan fingerprint density at radius 2 is 2.16 bits per heavy atom. The van der Waals surface area contributed by atoms with Gasteiger partial charge in [-0.25, -0.2) is 8.42 Å². The first-order chi connectivity index (χ1) is 8.93. The van der Waals surface area contributed by atoms with Crippen molar-refractivity contribution in [1.82, 2.24) is 10.2 Å². The Morgan fingerprint density at radius 1 is 1.42 bits per heavy atom. The lowest BCUT2D eigenvalue weighted by atomic mass is 9.89. The van der Waals surface area contributed by atoms with Gasteiger partial charge in [-0.05, 0) is 32.1 Å². The molecule has 2 aliphatic heterocycles. The van der Waals surface area contributed by atoms with Gasteiger partial charge in [0, 0.05) is 36.1 Å². The van der Waals surface area contributed by atoms with E-state index in [1.54, 1.807) is 0 Å². The van der Waals surface area contributed by atoms with Gasteiger partial charge in [-0.2, -0.15) is 0 Å². The van der Waals surface area contributed by atoms with Crippen molar-refractivity contribution in [3.05, 3.63) is 11.5 Å². The van der Waals surface area contributed by atoms with E-state index in [1.807, 2.05) is 6.08 Å². The van der Waals surface area contributed by atoms with E-state index < -0.39 is 9.84 Å². The summed E-state index contributed by atoms with van der Waals surface area (Å²) in [7, 11) is -2.96. The molecule has 19 heavy (non-hydrogen) atoms. The molecule has 1 saturated carbocycles. The average Bonchev–Trinajstić information content (AvgIpc) is 3.15.